The molecule has 1 aromatic rings. The summed E-state index contributed by atoms with van der Waals surface area (Å²) in [6.07, 6.45) is 1.76. The lowest BCUT2D eigenvalue weighted by atomic mass is 9.77. The fraction of sp³-hybridized carbons (Fsp3) is 0.333. The number of hydrogen-bond donors (Lipinski definition) is 1. The van der Waals surface area contributed by atoms with Gasteiger partial charge in [-0.25, -0.2) is 0 Å². The van der Waals surface area contributed by atoms with E-state index in [0.717, 1.165) is 5.56 Å². The molecule has 0 bridgehead atoms. The van der Waals surface area contributed by atoms with Crippen molar-refractivity contribution in [3.05, 3.63) is 35.9 Å². The Kier molecular flexibility index (Phi) is 4.40. The maximum Gasteiger partial charge on any atom is 0.325 e. The maximum atomic E-state index is 12.0. The fourth-order valence-corrected chi connectivity index (χ4v) is 2.35. The monoisotopic (exact) mass is 273 g/mol. The molecule has 104 valence electrons. The average molecular weight is 273 g/mol. The van der Waals surface area contributed by atoms with Crippen LogP contribution in [0.25, 0.3) is 0 Å². The quantitative estimate of drug-likeness (QED) is 0.665. The van der Waals surface area contributed by atoms with Crippen molar-refractivity contribution in [2.75, 3.05) is 6.54 Å². The number of carboxylic acid groups (broad SMARTS) is 1. The van der Waals surface area contributed by atoms with Crippen molar-refractivity contribution in [3.8, 4) is 0 Å². The number of Topliss-reactive ketones (excluding diaryl/α,β-unsaturated/α-hetero) is 2. The minimum absolute atomic E-state index is 0.0830. The highest BCUT2D eigenvalue weighted by Gasteiger charge is 2.34. The van der Waals surface area contributed by atoms with E-state index >= 15 is 0 Å². The van der Waals surface area contributed by atoms with E-state index in [1.807, 2.05) is 30.3 Å². The Hall–Kier alpha value is -2.30. The Morgan fingerprint density at radius 1 is 1.20 bits per heavy atom. The number of nitrogens with zero attached hydrogens (tertiary/aromatic N) is 1. The van der Waals surface area contributed by atoms with Crippen molar-refractivity contribution in [2.24, 2.45) is 10.9 Å². The lowest BCUT2D eigenvalue weighted by molar-refractivity contribution is -0.136. The van der Waals surface area contributed by atoms with E-state index in [1.54, 1.807) is 0 Å². The minimum atomic E-state index is -1.08. The molecule has 1 aliphatic carbocycles. The maximum absolute atomic E-state index is 12.0. The van der Waals surface area contributed by atoms with Crippen LogP contribution in [0.3, 0.4) is 0 Å². The number of benzene rings is 1. The summed E-state index contributed by atoms with van der Waals surface area (Å²) >= 11 is 0. The zero-order valence-electron chi connectivity index (χ0n) is 10.9. The Balaban J connectivity index is 2.05. The van der Waals surface area contributed by atoms with Gasteiger partial charge in [-0.15, -0.1) is 0 Å². The normalized spacial score (nSPS) is 23.2. The number of ketones is 2. The van der Waals surface area contributed by atoms with E-state index in [-0.39, 0.29) is 17.5 Å². The van der Waals surface area contributed by atoms with E-state index in [9.17, 15) is 14.4 Å². The molecular formula is C15H15NO4. The van der Waals surface area contributed by atoms with Gasteiger partial charge in [0, 0.05) is 19.1 Å². The van der Waals surface area contributed by atoms with Gasteiger partial charge in [0.25, 0.3) is 0 Å². The summed E-state index contributed by atoms with van der Waals surface area (Å²) in [6.45, 7) is -0.417. The van der Waals surface area contributed by atoms with Crippen molar-refractivity contribution in [1.82, 2.24) is 0 Å². The molecule has 0 radical (unpaired) electrons. The average Bonchev–Trinajstić information content (AvgIpc) is 2.42. The highest BCUT2D eigenvalue weighted by atomic mass is 16.4. The first-order chi connectivity index (χ1) is 9.58. The molecule has 0 spiro atoms. The molecule has 1 aromatic carbocycles. The molecule has 2 rings (SSSR count). The van der Waals surface area contributed by atoms with Crippen LogP contribution in [0.2, 0.25) is 0 Å². The number of aliphatic carboxylic acids is 1. The van der Waals surface area contributed by atoms with Gasteiger partial charge in [-0.05, 0) is 11.5 Å². The van der Waals surface area contributed by atoms with Crippen LogP contribution >= 0.6 is 0 Å². The largest absolute Gasteiger partial charge is 0.480 e. The summed E-state index contributed by atoms with van der Waals surface area (Å²) in [5.41, 5.74) is 0.982. The lowest BCUT2D eigenvalue weighted by Crippen LogP contribution is -2.33. The van der Waals surface area contributed by atoms with Gasteiger partial charge in [-0.2, -0.15) is 0 Å². The van der Waals surface area contributed by atoms with E-state index in [2.05, 4.69) is 4.99 Å². The molecule has 1 fully saturated rings. The number of hydrogen-bond acceptors (Lipinski definition) is 4. The van der Waals surface area contributed by atoms with Crippen LogP contribution in [0, 0.1) is 5.92 Å². The van der Waals surface area contributed by atoms with Crippen LogP contribution < -0.4 is 0 Å². The van der Waals surface area contributed by atoms with Crippen molar-refractivity contribution in [1.29, 1.82) is 0 Å². The van der Waals surface area contributed by atoms with Gasteiger partial charge in [0.05, 0.1) is 0 Å². The Labute approximate surface area is 116 Å². The SMILES string of the molecule is O=C(O)CN=CC1C(=O)CC(c2ccccc2)CC1=O. The highest BCUT2D eigenvalue weighted by Crippen LogP contribution is 2.31. The smallest absolute Gasteiger partial charge is 0.325 e. The summed E-state index contributed by atoms with van der Waals surface area (Å²) in [5.74, 6) is -2.43. The first kappa shape index (κ1) is 14.1. The van der Waals surface area contributed by atoms with Crippen molar-refractivity contribution in [2.45, 2.75) is 18.8 Å². The molecule has 1 aliphatic rings. The third-order valence-corrected chi connectivity index (χ3v) is 3.34. The first-order valence-corrected chi connectivity index (χ1v) is 6.40. The van der Waals surface area contributed by atoms with Crippen molar-refractivity contribution in [3.63, 3.8) is 0 Å². The molecule has 0 amide bonds. The standard InChI is InChI=1S/C15H15NO4/c17-13-6-11(10-4-2-1-3-5-10)7-14(18)12(13)8-16-9-15(19)20/h1-5,8,11-12H,6-7,9H2,(H,19,20). The van der Waals surface area contributed by atoms with Crippen molar-refractivity contribution >= 4 is 23.8 Å². The first-order valence-electron chi connectivity index (χ1n) is 6.40. The highest BCUT2D eigenvalue weighted by molar-refractivity contribution is 6.16. The summed E-state index contributed by atoms with van der Waals surface area (Å²) in [7, 11) is 0. The number of aliphatic imine (C=N–C) groups is 1. The van der Waals surface area contributed by atoms with Crippen LogP contribution in [0.15, 0.2) is 35.3 Å². The van der Waals surface area contributed by atoms with Crippen LogP contribution in [-0.4, -0.2) is 35.4 Å². The number of carbonyl (C=O) groups is 3. The molecule has 0 aromatic heterocycles. The number of carboxylic acids is 1. The van der Waals surface area contributed by atoms with Gasteiger partial charge in [0.2, 0.25) is 0 Å². The third-order valence-electron chi connectivity index (χ3n) is 3.34. The summed E-state index contributed by atoms with van der Waals surface area (Å²) in [4.78, 5) is 38.0. The van der Waals surface area contributed by atoms with Gasteiger partial charge >= 0.3 is 5.97 Å². The second kappa shape index (κ2) is 6.23. The summed E-state index contributed by atoms with van der Waals surface area (Å²) in [5, 5.41) is 8.48. The fourth-order valence-electron chi connectivity index (χ4n) is 2.35. The van der Waals surface area contributed by atoms with Gasteiger partial charge in [-0.3, -0.25) is 19.4 Å². The lowest BCUT2D eigenvalue weighted by Gasteiger charge is -2.24. The zero-order chi connectivity index (χ0) is 14.5. The third kappa shape index (κ3) is 3.38. The molecule has 1 saturated carbocycles. The predicted molar refractivity (Wildman–Crippen MR) is 72.9 cm³/mol. The van der Waals surface area contributed by atoms with Crippen molar-refractivity contribution < 1.29 is 19.5 Å². The molecule has 0 saturated heterocycles. The molecule has 1 N–H and O–H groups in total. The Morgan fingerprint density at radius 2 is 1.80 bits per heavy atom. The Morgan fingerprint density at radius 3 is 2.35 bits per heavy atom. The van der Waals surface area contributed by atoms with Crippen LogP contribution in [0.5, 0.6) is 0 Å². The summed E-state index contributed by atoms with van der Waals surface area (Å²) in [6, 6.07) is 9.46. The van der Waals surface area contributed by atoms with E-state index in [0.29, 0.717) is 12.8 Å². The van der Waals surface area contributed by atoms with Crippen LogP contribution in [0.1, 0.15) is 24.3 Å². The molecule has 0 aliphatic heterocycles. The zero-order valence-corrected chi connectivity index (χ0v) is 10.9. The molecule has 5 nitrogen and oxygen atoms in total. The molecule has 20 heavy (non-hydrogen) atoms. The van der Waals surface area contributed by atoms with Crippen LogP contribution in [0.4, 0.5) is 0 Å². The van der Waals surface area contributed by atoms with E-state index < -0.39 is 18.4 Å². The molecule has 0 heterocycles. The van der Waals surface area contributed by atoms with Gasteiger partial charge in [0.15, 0.2) is 0 Å². The van der Waals surface area contributed by atoms with Gasteiger partial charge in [-0.1, -0.05) is 30.3 Å². The second-order valence-electron chi connectivity index (χ2n) is 4.81. The molecule has 0 atom stereocenters. The molecule has 5 heteroatoms. The van der Waals surface area contributed by atoms with E-state index in [1.165, 1.54) is 6.21 Å². The number of carbonyl (C=O) groups excluding carboxylic acids is 2. The predicted octanol–water partition coefficient (Wildman–Crippen LogP) is 1.47. The molecular weight excluding hydrogens is 258 g/mol. The summed E-state index contributed by atoms with van der Waals surface area (Å²) < 4.78 is 0. The Bertz CT molecular complexity index is 532. The van der Waals surface area contributed by atoms with Gasteiger partial charge < -0.3 is 5.11 Å². The van der Waals surface area contributed by atoms with E-state index in [4.69, 9.17) is 5.11 Å². The second-order valence-corrected chi connectivity index (χ2v) is 4.81. The topological polar surface area (TPSA) is 83.8 Å². The number of rotatable bonds is 4. The van der Waals surface area contributed by atoms with Crippen LogP contribution in [-0.2, 0) is 14.4 Å². The minimum Gasteiger partial charge on any atom is -0.480 e. The molecule has 0 unspecified atom stereocenters. The van der Waals surface area contributed by atoms with Gasteiger partial charge in [0.1, 0.15) is 24.0 Å².